The first kappa shape index (κ1) is 41.0. The summed E-state index contributed by atoms with van der Waals surface area (Å²) in [7, 11) is 0. The molecule has 15 nitrogen and oxygen atoms in total. The van der Waals surface area contributed by atoms with Gasteiger partial charge in [0.05, 0.1) is 44.0 Å². The van der Waals surface area contributed by atoms with Gasteiger partial charge in [0.1, 0.15) is 24.1 Å². The van der Waals surface area contributed by atoms with Crippen LogP contribution in [0.25, 0.3) is 11.3 Å². The second-order valence-corrected chi connectivity index (χ2v) is 17.1. The number of hydrogen-bond donors (Lipinski definition) is 2. The first-order chi connectivity index (χ1) is 30.8. The number of alkyl halides is 2. The predicted molar refractivity (Wildman–Crippen MR) is 232 cm³/mol. The monoisotopic (exact) mass is 859 g/mol. The molecule has 4 fully saturated rings. The summed E-state index contributed by atoms with van der Waals surface area (Å²) in [5, 5.41) is 11.3. The fourth-order valence-electron chi connectivity index (χ4n) is 9.23. The molecule has 4 atom stereocenters. The predicted octanol–water partition coefficient (Wildman–Crippen LogP) is 6.46. The van der Waals surface area contributed by atoms with E-state index in [1.807, 2.05) is 71.6 Å². The largest absolute Gasteiger partial charge is 0.492 e. The number of aromatic nitrogens is 6. The van der Waals surface area contributed by atoms with Crippen LogP contribution in [0.1, 0.15) is 36.8 Å². The summed E-state index contributed by atoms with van der Waals surface area (Å²) in [4.78, 5) is 37.6. The van der Waals surface area contributed by atoms with E-state index in [0.29, 0.717) is 63.9 Å². The van der Waals surface area contributed by atoms with Crippen molar-refractivity contribution in [3.8, 4) is 17.0 Å². The SMILES string of the molecule is O=C(C1CC1(F)F)N1C2CCC1CN(c1ccnc(Nc3cnn(CC4CCN(CCOc5ccc6cc5COC/C=C/COCc5cccc(c5)-c5ccnc(n5)N6)C4)c3)n1)C2. The second kappa shape index (κ2) is 18.0. The van der Waals surface area contributed by atoms with E-state index >= 15 is 0 Å². The molecule has 17 heteroatoms. The minimum Gasteiger partial charge on any atom is -0.492 e. The van der Waals surface area contributed by atoms with Gasteiger partial charge in [0, 0.05) is 86.6 Å². The number of hydrogen-bond acceptors (Lipinski definition) is 13. The standard InChI is InChI=1S/C46H51F2N11O4/c47-46(48)22-39(46)43(60)59-37-7-8-38(59)28-57(27-37)42-11-14-50-45(55-42)53-36-23-51-58(26-36)25-32-12-15-56(24-32)16-19-63-41-9-6-35-21-34(41)30-62-18-2-1-17-61-29-31-4-3-5-33(20-31)40-10-13-49-44(52-35)54-40/h1-6,9-11,13-14,20-21,23,26,32,37-39H,7-8,12,15-19,22,24-25,27-30H2,(H,49,52,54)(H,50,53,55)/b2-1+. The number of nitrogens with one attached hydrogen (secondary N) is 2. The third-order valence-corrected chi connectivity index (χ3v) is 12.5. The molecule has 3 saturated heterocycles. The number of nitrogens with zero attached hydrogens (tertiary/aromatic N) is 9. The Hall–Kier alpha value is -6.04. The third-order valence-electron chi connectivity index (χ3n) is 12.5. The molecule has 8 bridgehead atoms. The van der Waals surface area contributed by atoms with Crippen LogP contribution in [-0.4, -0.2) is 116 Å². The summed E-state index contributed by atoms with van der Waals surface area (Å²) < 4.78 is 47.7. The molecule has 5 aromatic rings. The fourth-order valence-corrected chi connectivity index (χ4v) is 9.23. The topological polar surface area (TPSA) is 148 Å². The summed E-state index contributed by atoms with van der Waals surface area (Å²) in [6.07, 6.45) is 13.5. The highest BCUT2D eigenvalue weighted by molar-refractivity contribution is 5.84. The molecule has 2 aromatic carbocycles. The zero-order valence-corrected chi connectivity index (χ0v) is 35.0. The van der Waals surface area contributed by atoms with E-state index in [2.05, 4.69) is 41.6 Å². The Balaban J connectivity index is 0.708. The van der Waals surface area contributed by atoms with Crippen molar-refractivity contribution in [3.05, 3.63) is 103 Å². The molecule has 63 heavy (non-hydrogen) atoms. The van der Waals surface area contributed by atoms with Crippen molar-refractivity contribution in [3.63, 3.8) is 0 Å². The van der Waals surface area contributed by atoms with Gasteiger partial charge in [-0.05, 0) is 73.7 Å². The summed E-state index contributed by atoms with van der Waals surface area (Å²) in [5.41, 5.74) is 5.46. The average Bonchev–Trinajstić information content (AvgIpc) is 3.59. The van der Waals surface area contributed by atoms with Gasteiger partial charge in [0.2, 0.25) is 17.8 Å². The molecule has 3 aromatic heterocycles. The number of piperazine rings is 1. The number of carbonyl (C=O) groups excluding carboxylic acids is 1. The lowest BCUT2D eigenvalue weighted by atomic mass is 10.1. The van der Waals surface area contributed by atoms with E-state index < -0.39 is 17.7 Å². The van der Waals surface area contributed by atoms with E-state index in [4.69, 9.17) is 24.2 Å². The van der Waals surface area contributed by atoms with E-state index in [0.717, 1.165) is 90.8 Å². The molecule has 1 saturated carbocycles. The molecule has 10 rings (SSSR count). The zero-order chi connectivity index (χ0) is 42.8. The zero-order valence-electron chi connectivity index (χ0n) is 35.0. The van der Waals surface area contributed by atoms with E-state index in [1.165, 1.54) is 0 Å². The van der Waals surface area contributed by atoms with Crippen molar-refractivity contribution in [1.82, 2.24) is 39.5 Å². The van der Waals surface area contributed by atoms with Gasteiger partial charge < -0.3 is 34.6 Å². The number of carbonyl (C=O) groups is 1. The van der Waals surface area contributed by atoms with Crippen molar-refractivity contribution in [2.75, 3.05) is 68.1 Å². The molecular formula is C46H51F2N11O4. The van der Waals surface area contributed by atoms with Gasteiger partial charge in [-0.2, -0.15) is 10.1 Å². The Bertz CT molecular complexity index is 2440. The molecule has 4 unspecified atom stereocenters. The van der Waals surface area contributed by atoms with Crippen molar-refractivity contribution >= 4 is 35.0 Å². The van der Waals surface area contributed by atoms with Gasteiger partial charge in [-0.1, -0.05) is 30.4 Å². The van der Waals surface area contributed by atoms with Crippen molar-refractivity contribution in [1.29, 1.82) is 0 Å². The Labute approximate surface area is 364 Å². The molecule has 0 radical (unpaired) electrons. The number of fused-ring (bicyclic) bond motifs is 9. The molecule has 0 spiro atoms. The Morgan fingerprint density at radius 3 is 2.60 bits per heavy atom. The number of likely N-dealkylation sites (tertiary alicyclic amines) is 1. The fraction of sp³-hybridized carbons (Fsp3) is 0.435. The molecule has 4 aliphatic heterocycles. The molecule has 1 aliphatic carbocycles. The van der Waals surface area contributed by atoms with Gasteiger partial charge >= 0.3 is 0 Å². The maximum Gasteiger partial charge on any atom is 0.260 e. The minimum atomic E-state index is -2.85. The van der Waals surface area contributed by atoms with E-state index in [1.54, 1.807) is 23.5 Å². The lowest BCUT2D eigenvalue weighted by Gasteiger charge is -2.41. The van der Waals surface area contributed by atoms with Crippen LogP contribution in [0.15, 0.2) is 91.5 Å². The summed E-state index contributed by atoms with van der Waals surface area (Å²) >= 11 is 0. The molecule has 2 N–H and O–H groups in total. The molecule has 7 heterocycles. The third kappa shape index (κ3) is 9.65. The van der Waals surface area contributed by atoms with Gasteiger partial charge in [-0.25, -0.2) is 23.7 Å². The molecule has 5 aliphatic rings. The summed E-state index contributed by atoms with van der Waals surface area (Å²) in [6, 6.07) is 17.8. The first-order valence-corrected chi connectivity index (χ1v) is 21.8. The van der Waals surface area contributed by atoms with Crippen LogP contribution in [0.3, 0.4) is 0 Å². The average molecular weight is 860 g/mol. The number of benzene rings is 2. The normalized spacial score (nSPS) is 23.7. The highest BCUT2D eigenvalue weighted by Crippen LogP contribution is 2.51. The lowest BCUT2D eigenvalue weighted by Crippen LogP contribution is -2.56. The van der Waals surface area contributed by atoms with E-state index in [9.17, 15) is 13.6 Å². The van der Waals surface area contributed by atoms with Crippen LogP contribution >= 0.6 is 0 Å². The smallest absolute Gasteiger partial charge is 0.260 e. The number of halogens is 2. The van der Waals surface area contributed by atoms with Crippen LogP contribution in [0.4, 0.5) is 37.9 Å². The first-order valence-electron chi connectivity index (χ1n) is 21.8. The summed E-state index contributed by atoms with van der Waals surface area (Å²) in [5.74, 6) is -1.47. The van der Waals surface area contributed by atoms with Crippen molar-refractivity contribution < 1.29 is 27.8 Å². The Morgan fingerprint density at radius 2 is 1.76 bits per heavy atom. The number of ether oxygens (including phenoxy) is 3. The Kier molecular flexibility index (Phi) is 11.7. The quantitative estimate of drug-likeness (QED) is 0.148. The van der Waals surface area contributed by atoms with Gasteiger partial charge in [-0.3, -0.25) is 14.4 Å². The van der Waals surface area contributed by atoms with Crippen molar-refractivity contribution in [2.45, 2.75) is 63.4 Å². The van der Waals surface area contributed by atoms with Crippen LogP contribution in [0.5, 0.6) is 5.75 Å². The van der Waals surface area contributed by atoms with Gasteiger partial charge in [0.25, 0.3) is 5.92 Å². The van der Waals surface area contributed by atoms with Crippen LogP contribution in [0.2, 0.25) is 0 Å². The number of amides is 1. The number of rotatable bonds is 10. The molecule has 328 valence electrons. The summed E-state index contributed by atoms with van der Waals surface area (Å²) in [6.45, 7) is 7.00. The highest BCUT2D eigenvalue weighted by Gasteiger charge is 2.64. The maximum absolute atomic E-state index is 13.7. The van der Waals surface area contributed by atoms with Crippen LogP contribution in [-0.2, 0) is 34.0 Å². The highest BCUT2D eigenvalue weighted by atomic mass is 19.3. The van der Waals surface area contributed by atoms with Gasteiger partial charge in [0.15, 0.2) is 0 Å². The van der Waals surface area contributed by atoms with Crippen LogP contribution < -0.4 is 20.3 Å². The Morgan fingerprint density at radius 1 is 0.937 bits per heavy atom. The lowest BCUT2D eigenvalue weighted by molar-refractivity contribution is -0.138. The number of anilines is 5. The van der Waals surface area contributed by atoms with E-state index in [-0.39, 0.29) is 18.5 Å². The molecular weight excluding hydrogens is 809 g/mol. The maximum atomic E-state index is 13.7. The minimum absolute atomic E-state index is 0.0813. The molecule has 1 amide bonds. The van der Waals surface area contributed by atoms with Gasteiger partial charge in [-0.15, -0.1) is 0 Å². The second-order valence-electron chi connectivity index (χ2n) is 17.1. The van der Waals surface area contributed by atoms with Crippen LogP contribution in [0, 0.1) is 11.8 Å². The van der Waals surface area contributed by atoms with Crippen molar-refractivity contribution in [2.24, 2.45) is 11.8 Å².